The van der Waals surface area contributed by atoms with E-state index in [1.807, 2.05) is 0 Å². The molecule has 0 saturated heterocycles. The fraction of sp³-hybridized carbons (Fsp3) is 0.625. The maximum atomic E-state index is 9.04. The molecule has 1 aliphatic rings. The summed E-state index contributed by atoms with van der Waals surface area (Å²) in [5, 5.41) is 12.5. The molecule has 112 valence electrons. The van der Waals surface area contributed by atoms with Crippen LogP contribution in [0.4, 0.5) is 0 Å². The van der Waals surface area contributed by atoms with Gasteiger partial charge in [0.2, 0.25) is 0 Å². The maximum Gasteiger partial charge on any atom is 0.123 e. The van der Waals surface area contributed by atoms with E-state index in [1.54, 1.807) is 7.11 Å². The highest BCUT2D eigenvalue weighted by molar-refractivity contribution is 5.48. The lowest BCUT2D eigenvalue weighted by molar-refractivity contribution is 0.254. The van der Waals surface area contributed by atoms with Crippen LogP contribution in [0.2, 0.25) is 0 Å². The van der Waals surface area contributed by atoms with E-state index in [4.69, 9.17) is 14.6 Å². The molecule has 2 rings (SSSR count). The number of ether oxygens (including phenoxy) is 2. The standard InChI is InChI=1S/C16H25NO3/c1-4-14(5-6-18)17-10-13-9-16-12(7-11(2)20-16)8-15(13)19-3/h8-9,11,14,17-18H,4-7,10H2,1-3H3. The molecule has 0 fully saturated rings. The quantitative estimate of drug-likeness (QED) is 0.804. The highest BCUT2D eigenvalue weighted by Gasteiger charge is 2.21. The molecule has 0 bridgehead atoms. The fourth-order valence-corrected chi connectivity index (χ4v) is 2.67. The largest absolute Gasteiger partial charge is 0.496 e. The second kappa shape index (κ2) is 6.95. The fourth-order valence-electron chi connectivity index (χ4n) is 2.67. The van der Waals surface area contributed by atoms with Crippen LogP contribution in [0.5, 0.6) is 11.5 Å². The number of hydrogen-bond donors (Lipinski definition) is 2. The van der Waals surface area contributed by atoms with Gasteiger partial charge in [-0.2, -0.15) is 0 Å². The average Bonchev–Trinajstić information content (AvgIpc) is 2.81. The Morgan fingerprint density at radius 3 is 2.95 bits per heavy atom. The van der Waals surface area contributed by atoms with Crippen molar-refractivity contribution in [3.8, 4) is 11.5 Å². The molecule has 1 aliphatic heterocycles. The molecule has 1 aromatic rings. The number of fused-ring (bicyclic) bond motifs is 1. The zero-order chi connectivity index (χ0) is 14.5. The zero-order valence-electron chi connectivity index (χ0n) is 12.6. The number of rotatable bonds is 7. The third-order valence-corrected chi connectivity index (χ3v) is 3.85. The van der Waals surface area contributed by atoms with E-state index in [9.17, 15) is 0 Å². The van der Waals surface area contributed by atoms with Crippen LogP contribution < -0.4 is 14.8 Å². The number of hydrogen-bond acceptors (Lipinski definition) is 4. The Morgan fingerprint density at radius 1 is 1.50 bits per heavy atom. The molecule has 4 heteroatoms. The Bertz CT molecular complexity index is 448. The Morgan fingerprint density at radius 2 is 2.30 bits per heavy atom. The molecule has 1 aromatic carbocycles. The van der Waals surface area contributed by atoms with Crippen LogP contribution in [-0.2, 0) is 13.0 Å². The Balaban J connectivity index is 2.09. The van der Waals surface area contributed by atoms with Crippen molar-refractivity contribution in [1.82, 2.24) is 5.32 Å². The number of methoxy groups -OCH3 is 1. The lowest BCUT2D eigenvalue weighted by Crippen LogP contribution is -2.29. The van der Waals surface area contributed by atoms with E-state index >= 15 is 0 Å². The Kier molecular flexibility index (Phi) is 5.26. The van der Waals surface area contributed by atoms with E-state index in [0.29, 0.717) is 6.04 Å². The van der Waals surface area contributed by atoms with Gasteiger partial charge in [0, 0.05) is 36.7 Å². The summed E-state index contributed by atoms with van der Waals surface area (Å²) >= 11 is 0. The highest BCUT2D eigenvalue weighted by atomic mass is 16.5. The minimum absolute atomic E-state index is 0.216. The summed E-state index contributed by atoms with van der Waals surface area (Å²) in [4.78, 5) is 0. The summed E-state index contributed by atoms with van der Waals surface area (Å²) in [7, 11) is 1.70. The van der Waals surface area contributed by atoms with Gasteiger partial charge < -0.3 is 19.9 Å². The van der Waals surface area contributed by atoms with Crippen LogP contribution in [0.3, 0.4) is 0 Å². The lowest BCUT2D eigenvalue weighted by Gasteiger charge is -2.17. The molecule has 0 aromatic heterocycles. The van der Waals surface area contributed by atoms with Gasteiger partial charge in [-0.1, -0.05) is 6.92 Å². The SMILES string of the molecule is CCC(CCO)NCc1cc2c(cc1OC)CC(C)O2. The predicted molar refractivity (Wildman–Crippen MR) is 79.4 cm³/mol. The van der Waals surface area contributed by atoms with Crippen molar-refractivity contribution in [2.24, 2.45) is 0 Å². The number of benzene rings is 1. The molecule has 0 radical (unpaired) electrons. The topological polar surface area (TPSA) is 50.7 Å². The summed E-state index contributed by atoms with van der Waals surface area (Å²) in [6, 6.07) is 4.50. The van der Waals surface area contributed by atoms with Crippen LogP contribution >= 0.6 is 0 Å². The smallest absolute Gasteiger partial charge is 0.123 e. The number of aliphatic hydroxyl groups excluding tert-OH is 1. The summed E-state index contributed by atoms with van der Waals surface area (Å²) in [5.41, 5.74) is 2.33. The van der Waals surface area contributed by atoms with Gasteiger partial charge in [0.05, 0.1) is 7.11 Å². The molecule has 2 atom stereocenters. The van der Waals surface area contributed by atoms with E-state index in [1.165, 1.54) is 5.56 Å². The predicted octanol–water partition coefficient (Wildman–Crippen LogP) is 2.27. The first-order valence-electron chi connectivity index (χ1n) is 7.38. The number of nitrogens with one attached hydrogen (secondary N) is 1. The second-order valence-electron chi connectivity index (χ2n) is 5.40. The molecule has 2 unspecified atom stereocenters. The summed E-state index contributed by atoms with van der Waals surface area (Å²) in [6.07, 6.45) is 2.97. The van der Waals surface area contributed by atoms with Gasteiger partial charge in [-0.3, -0.25) is 0 Å². The number of aliphatic hydroxyl groups is 1. The van der Waals surface area contributed by atoms with Gasteiger partial charge in [-0.25, -0.2) is 0 Å². The van der Waals surface area contributed by atoms with Gasteiger partial charge >= 0.3 is 0 Å². The molecular weight excluding hydrogens is 254 g/mol. The third kappa shape index (κ3) is 3.44. The van der Waals surface area contributed by atoms with E-state index < -0.39 is 0 Å². The summed E-state index contributed by atoms with van der Waals surface area (Å²) < 4.78 is 11.3. The first-order valence-corrected chi connectivity index (χ1v) is 7.38. The van der Waals surface area contributed by atoms with Crippen molar-refractivity contribution in [2.75, 3.05) is 13.7 Å². The van der Waals surface area contributed by atoms with Crippen molar-refractivity contribution >= 4 is 0 Å². The van der Waals surface area contributed by atoms with E-state index in [0.717, 1.165) is 42.9 Å². The summed E-state index contributed by atoms with van der Waals surface area (Å²) in [6.45, 7) is 5.15. The van der Waals surface area contributed by atoms with Crippen LogP contribution in [-0.4, -0.2) is 31.0 Å². The average molecular weight is 279 g/mol. The van der Waals surface area contributed by atoms with Crippen molar-refractivity contribution in [2.45, 2.75) is 51.8 Å². The monoisotopic (exact) mass is 279 g/mol. The molecule has 4 nitrogen and oxygen atoms in total. The maximum absolute atomic E-state index is 9.04. The molecule has 1 heterocycles. The lowest BCUT2D eigenvalue weighted by atomic mass is 10.1. The second-order valence-corrected chi connectivity index (χ2v) is 5.40. The van der Waals surface area contributed by atoms with Gasteiger partial charge in [0.25, 0.3) is 0 Å². The van der Waals surface area contributed by atoms with Crippen LogP contribution in [0.25, 0.3) is 0 Å². The summed E-state index contributed by atoms with van der Waals surface area (Å²) in [5.74, 6) is 1.89. The molecular formula is C16H25NO3. The molecule has 0 saturated carbocycles. The van der Waals surface area contributed by atoms with Gasteiger partial charge in [-0.15, -0.1) is 0 Å². The Hall–Kier alpha value is -1.26. The van der Waals surface area contributed by atoms with Crippen LogP contribution in [0, 0.1) is 0 Å². The van der Waals surface area contributed by atoms with Gasteiger partial charge in [0.1, 0.15) is 17.6 Å². The van der Waals surface area contributed by atoms with Gasteiger partial charge in [0.15, 0.2) is 0 Å². The van der Waals surface area contributed by atoms with E-state index in [-0.39, 0.29) is 12.7 Å². The van der Waals surface area contributed by atoms with E-state index in [2.05, 4.69) is 31.3 Å². The van der Waals surface area contributed by atoms with Crippen molar-refractivity contribution in [1.29, 1.82) is 0 Å². The normalized spacial score (nSPS) is 18.5. The molecule has 0 amide bonds. The minimum atomic E-state index is 0.216. The molecule has 0 spiro atoms. The van der Waals surface area contributed by atoms with Crippen molar-refractivity contribution < 1.29 is 14.6 Å². The van der Waals surface area contributed by atoms with Crippen molar-refractivity contribution in [3.63, 3.8) is 0 Å². The third-order valence-electron chi connectivity index (χ3n) is 3.85. The Labute approximate surface area is 121 Å². The first-order chi connectivity index (χ1) is 9.67. The van der Waals surface area contributed by atoms with Crippen LogP contribution in [0.1, 0.15) is 37.8 Å². The minimum Gasteiger partial charge on any atom is -0.496 e. The molecule has 20 heavy (non-hydrogen) atoms. The zero-order valence-corrected chi connectivity index (χ0v) is 12.6. The van der Waals surface area contributed by atoms with Gasteiger partial charge in [-0.05, 0) is 31.9 Å². The van der Waals surface area contributed by atoms with Crippen molar-refractivity contribution in [3.05, 3.63) is 23.3 Å². The molecule has 0 aliphatic carbocycles. The first kappa shape index (κ1) is 15.1. The van der Waals surface area contributed by atoms with Crippen LogP contribution in [0.15, 0.2) is 12.1 Å². The molecule has 2 N–H and O–H groups in total. The highest BCUT2D eigenvalue weighted by Crippen LogP contribution is 2.34.